The molecule has 0 unspecified atom stereocenters. The van der Waals surface area contributed by atoms with E-state index in [4.69, 9.17) is 4.74 Å². The molecule has 24 heavy (non-hydrogen) atoms. The van der Waals surface area contributed by atoms with Crippen LogP contribution in [0.2, 0.25) is 0 Å². The van der Waals surface area contributed by atoms with Gasteiger partial charge in [0.05, 0.1) is 30.9 Å². The molecule has 3 rings (SSSR count). The summed E-state index contributed by atoms with van der Waals surface area (Å²) >= 11 is 0. The van der Waals surface area contributed by atoms with Gasteiger partial charge < -0.3 is 15.2 Å². The fraction of sp³-hybridized carbons (Fsp3) is 0.529. The van der Waals surface area contributed by atoms with E-state index in [1.165, 1.54) is 0 Å². The summed E-state index contributed by atoms with van der Waals surface area (Å²) in [6.07, 6.45) is 0. The number of H-pyrrole nitrogens is 1. The van der Waals surface area contributed by atoms with E-state index in [9.17, 15) is 9.90 Å². The highest BCUT2D eigenvalue weighted by Gasteiger charge is 2.40. The van der Waals surface area contributed by atoms with E-state index in [-0.39, 0.29) is 18.6 Å². The summed E-state index contributed by atoms with van der Waals surface area (Å²) in [6, 6.07) is 5.60. The zero-order chi connectivity index (χ0) is 17.3. The van der Waals surface area contributed by atoms with E-state index in [0.717, 1.165) is 16.6 Å². The number of nitrogens with zero attached hydrogens (tertiary/aromatic N) is 2. The second-order valence-corrected chi connectivity index (χ2v) is 6.62. The van der Waals surface area contributed by atoms with Crippen molar-refractivity contribution in [2.24, 2.45) is 0 Å². The first-order valence-electron chi connectivity index (χ1n) is 8.11. The summed E-state index contributed by atoms with van der Waals surface area (Å²) in [5, 5.41) is 20.8. The van der Waals surface area contributed by atoms with E-state index in [1.807, 2.05) is 33.0 Å². The molecule has 2 aromatic rings. The van der Waals surface area contributed by atoms with Crippen molar-refractivity contribution in [2.45, 2.75) is 25.4 Å². The van der Waals surface area contributed by atoms with Crippen molar-refractivity contribution in [3.63, 3.8) is 0 Å². The van der Waals surface area contributed by atoms with Gasteiger partial charge in [0.1, 0.15) is 0 Å². The van der Waals surface area contributed by atoms with Gasteiger partial charge in [-0.2, -0.15) is 5.10 Å². The predicted molar refractivity (Wildman–Crippen MR) is 91.0 cm³/mol. The molecule has 0 radical (unpaired) electrons. The Morgan fingerprint density at radius 2 is 2.38 bits per heavy atom. The number of aromatic amines is 1. The molecule has 1 aliphatic heterocycles. The highest BCUT2D eigenvalue weighted by Crippen LogP contribution is 2.22. The normalized spacial score (nSPS) is 25.1. The highest BCUT2D eigenvalue weighted by molar-refractivity contribution is 5.98. The minimum absolute atomic E-state index is 0.0754. The third kappa shape index (κ3) is 2.90. The van der Waals surface area contributed by atoms with Crippen LogP contribution in [-0.2, 0) is 4.74 Å². The number of rotatable bonds is 4. The molecule has 1 aliphatic rings. The third-order valence-electron chi connectivity index (χ3n) is 5.02. The molecule has 2 atom stereocenters. The number of nitrogens with one attached hydrogen (secondary N) is 2. The second kappa shape index (κ2) is 6.51. The second-order valence-electron chi connectivity index (χ2n) is 6.62. The van der Waals surface area contributed by atoms with Crippen molar-refractivity contribution in [1.82, 2.24) is 20.4 Å². The van der Waals surface area contributed by atoms with Gasteiger partial charge in [0.25, 0.3) is 5.91 Å². The maximum Gasteiger partial charge on any atom is 0.251 e. The standard InChI is InChI=1S/C17H24N4O3/c1-11-7-24-10-17(9-22,21(11)3)8-18-16(23)13-4-5-15-14(6-13)12(2)19-20-15/h4-6,11,22H,7-10H2,1-3H3,(H,18,23)(H,19,20)/t11-,17+/m1/s1. The molecular weight excluding hydrogens is 308 g/mol. The maximum atomic E-state index is 12.5. The molecule has 2 heterocycles. The number of carbonyl (C=O) groups is 1. The number of aliphatic hydroxyl groups is 1. The Labute approximate surface area is 141 Å². The molecular formula is C17H24N4O3. The number of aliphatic hydroxyl groups excluding tert-OH is 1. The zero-order valence-electron chi connectivity index (χ0n) is 14.3. The van der Waals surface area contributed by atoms with Crippen LogP contribution < -0.4 is 5.32 Å². The van der Waals surface area contributed by atoms with Crippen LogP contribution in [0.5, 0.6) is 0 Å². The third-order valence-corrected chi connectivity index (χ3v) is 5.02. The summed E-state index contributed by atoms with van der Waals surface area (Å²) in [6.45, 7) is 5.24. The van der Waals surface area contributed by atoms with Crippen LogP contribution in [0.4, 0.5) is 0 Å². The van der Waals surface area contributed by atoms with Crippen molar-refractivity contribution in [2.75, 3.05) is 33.4 Å². The Morgan fingerprint density at radius 1 is 1.58 bits per heavy atom. The van der Waals surface area contributed by atoms with Crippen molar-refractivity contribution < 1.29 is 14.6 Å². The quantitative estimate of drug-likeness (QED) is 0.766. The van der Waals surface area contributed by atoms with Crippen LogP contribution in [0.25, 0.3) is 10.9 Å². The summed E-state index contributed by atoms with van der Waals surface area (Å²) in [4.78, 5) is 14.6. The molecule has 7 heteroatoms. The number of carbonyl (C=O) groups excluding carboxylic acids is 1. The van der Waals surface area contributed by atoms with Crippen LogP contribution >= 0.6 is 0 Å². The molecule has 0 spiro atoms. The summed E-state index contributed by atoms with van der Waals surface area (Å²) in [7, 11) is 1.95. The van der Waals surface area contributed by atoms with E-state index in [1.54, 1.807) is 6.07 Å². The van der Waals surface area contributed by atoms with E-state index in [0.29, 0.717) is 25.3 Å². The number of likely N-dealkylation sites (N-methyl/N-ethyl adjacent to an activating group) is 1. The number of fused-ring (bicyclic) bond motifs is 1. The first-order chi connectivity index (χ1) is 11.5. The molecule has 0 aliphatic carbocycles. The minimum atomic E-state index is -0.594. The average molecular weight is 332 g/mol. The van der Waals surface area contributed by atoms with Gasteiger partial charge in [0, 0.05) is 29.2 Å². The molecule has 1 fully saturated rings. The molecule has 1 aromatic carbocycles. The van der Waals surface area contributed by atoms with Gasteiger partial charge in [-0.25, -0.2) is 0 Å². The maximum absolute atomic E-state index is 12.5. The number of aryl methyl sites for hydroxylation is 1. The first kappa shape index (κ1) is 16.9. The number of hydrogen-bond acceptors (Lipinski definition) is 5. The smallest absolute Gasteiger partial charge is 0.251 e. The van der Waals surface area contributed by atoms with Crippen molar-refractivity contribution in [3.05, 3.63) is 29.5 Å². The van der Waals surface area contributed by atoms with E-state index in [2.05, 4.69) is 20.4 Å². The lowest BCUT2D eigenvalue weighted by Gasteiger charge is -2.47. The Bertz CT molecular complexity index is 745. The number of ether oxygens (including phenoxy) is 1. The van der Waals surface area contributed by atoms with Gasteiger partial charge >= 0.3 is 0 Å². The van der Waals surface area contributed by atoms with Gasteiger partial charge in [-0.3, -0.25) is 14.8 Å². The Kier molecular flexibility index (Phi) is 4.58. The molecule has 1 aromatic heterocycles. The van der Waals surface area contributed by atoms with Gasteiger partial charge in [-0.05, 0) is 39.1 Å². The Hall–Kier alpha value is -1.96. The van der Waals surface area contributed by atoms with E-state index < -0.39 is 5.54 Å². The summed E-state index contributed by atoms with van der Waals surface area (Å²) in [5.74, 6) is -0.169. The van der Waals surface area contributed by atoms with Crippen LogP contribution in [-0.4, -0.2) is 71.1 Å². The zero-order valence-corrected chi connectivity index (χ0v) is 14.3. The van der Waals surface area contributed by atoms with Crippen LogP contribution in [0.1, 0.15) is 23.0 Å². The van der Waals surface area contributed by atoms with E-state index >= 15 is 0 Å². The molecule has 3 N–H and O–H groups in total. The number of morpholine rings is 1. The molecule has 1 saturated heterocycles. The minimum Gasteiger partial charge on any atom is -0.394 e. The van der Waals surface area contributed by atoms with Crippen LogP contribution in [0, 0.1) is 6.92 Å². The largest absolute Gasteiger partial charge is 0.394 e. The van der Waals surface area contributed by atoms with Gasteiger partial charge in [0.15, 0.2) is 0 Å². The molecule has 0 bridgehead atoms. The predicted octanol–water partition coefficient (Wildman–Crippen LogP) is 0.683. The lowest BCUT2D eigenvalue weighted by Crippen LogP contribution is -2.65. The van der Waals surface area contributed by atoms with Gasteiger partial charge in [0.2, 0.25) is 0 Å². The average Bonchev–Trinajstić information content (AvgIpc) is 2.97. The summed E-state index contributed by atoms with van der Waals surface area (Å²) in [5.41, 5.74) is 1.75. The van der Waals surface area contributed by atoms with Gasteiger partial charge in [-0.1, -0.05) is 0 Å². The fourth-order valence-electron chi connectivity index (χ4n) is 3.12. The fourth-order valence-corrected chi connectivity index (χ4v) is 3.12. The SMILES string of the molecule is Cc1[nH]nc2ccc(C(=O)NC[C@]3(CO)COC[C@@H](C)N3C)cc12. The highest BCUT2D eigenvalue weighted by atomic mass is 16.5. The number of aromatic nitrogens is 2. The van der Waals surface area contributed by atoms with Crippen LogP contribution in [0.15, 0.2) is 18.2 Å². The number of hydrogen-bond donors (Lipinski definition) is 3. The lowest BCUT2D eigenvalue weighted by atomic mass is 9.95. The molecule has 130 valence electrons. The van der Waals surface area contributed by atoms with Gasteiger partial charge in [-0.15, -0.1) is 0 Å². The molecule has 0 saturated carbocycles. The van der Waals surface area contributed by atoms with Crippen molar-refractivity contribution in [3.8, 4) is 0 Å². The topological polar surface area (TPSA) is 90.5 Å². The van der Waals surface area contributed by atoms with Crippen molar-refractivity contribution >= 4 is 16.8 Å². The number of benzene rings is 1. The Morgan fingerprint density at radius 3 is 3.12 bits per heavy atom. The summed E-state index contributed by atoms with van der Waals surface area (Å²) < 4.78 is 5.59. The first-order valence-corrected chi connectivity index (χ1v) is 8.11. The Balaban J connectivity index is 1.74. The number of amides is 1. The monoisotopic (exact) mass is 332 g/mol. The van der Waals surface area contributed by atoms with Crippen LogP contribution in [0.3, 0.4) is 0 Å². The van der Waals surface area contributed by atoms with Crippen molar-refractivity contribution in [1.29, 1.82) is 0 Å². The molecule has 1 amide bonds. The molecule has 7 nitrogen and oxygen atoms in total. The lowest BCUT2D eigenvalue weighted by molar-refractivity contribution is -0.105.